The molecule has 1 aromatic heterocycles. The van der Waals surface area contributed by atoms with E-state index in [1.165, 1.54) is 16.5 Å². The molecule has 3 nitrogen and oxygen atoms in total. The number of hydrogen-bond acceptors (Lipinski definition) is 1. The number of hydrogen-bond donors (Lipinski definition) is 1. The second-order valence-electron chi connectivity index (χ2n) is 6.90. The lowest BCUT2D eigenvalue weighted by molar-refractivity contribution is -0.121. The van der Waals surface area contributed by atoms with Gasteiger partial charge in [-0.05, 0) is 42.7 Å². The van der Waals surface area contributed by atoms with Crippen LogP contribution in [0.3, 0.4) is 0 Å². The average molecular weight is 383 g/mol. The molecule has 1 unspecified atom stereocenters. The summed E-state index contributed by atoms with van der Waals surface area (Å²) in [5.74, 6) is 0.0600. The summed E-state index contributed by atoms with van der Waals surface area (Å²) < 4.78 is 2.25. The molecule has 0 saturated heterocycles. The summed E-state index contributed by atoms with van der Waals surface area (Å²) >= 11 is 6.26. The number of rotatable bonds is 8. The number of fused-ring (bicyclic) bond motifs is 1. The molecule has 0 saturated carbocycles. The Balaban J connectivity index is 2.01. The summed E-state index contributed by atoms with van der Waals surface area (Å²) in [6, 6.07) is 16.3. The molecule has 4 heteroatoms. The molecule has 0 aliphatic carbocycles. The van der Waals surface area contributed by atoms with E-state index in [0.29, 0.717) is 11.4 Å². The van der Waals surface area contributed by atoms with Crippen LogP contribution >= 0.6 is 11.6 Å². The molecule has 0 spiro atoms. The molecule has 1 atom stereocenters. The van der Waals surface area contributed by atoms with Gasteiger partial charge in [0.1, 0.15) is 0 Å². The Morgan fingerprint density at radius 1 is 1.15 bits per heavy atom. The summed E-state index contributed by atoms with van der Waals surface area (Å²) in [5.41, 5.74) is 3.46. The third-order valence-electron chi connectivity index (χ3n) is 5.03. The van der Waals surface area contributed by atoms with Crippen LogP contribution in [0.25, 0.3) is 10.9 Å². The first kappa shape index (κ1) is 19.5. The Labute approximate surface area is 166 Å². The van der Waals surface area contributed by atoms with Gasteiger partial charge in [-0.2, -0.15) is 0 Å². The van der Waals surface area contributed by atoms with E-state index in [4.69, 9.17) is 11.6 Å². The number of unbranched alkanes of at least 4 members (excludes halogenated alkanes) is 1. The first-order chi connectivity index (χ1) is 13.1. The zero-order valence-corrected chi connectivity index (χ0v) is 16.8. The van der Waals surface area contributed by atoms with Crippen LogP contribution in [-0.2, 0) is 11.3 Å². The van der Waals surface area contributed by atoms with Gasteiger partial charge in [-0.1, -0.05) is 55.3 Å². The maximum absolute atomic E-state index is 12.6. The lowest BCUT2D eigenvalue weighted by atomic mass is 9.88. The minimum atomic E-state index is -0.0250. The van der Waals surface area contributed by atoms with Crippen LogP contribution < -0.4 is 5.32 Å². The highest BCUT2D eigenvalue weighted by Crippen LogP contribution is 2.35. The van der Waals surface area contributed by atoms with Crippen molar-refractivity contribution in [3.63, 3.8) is 0 Å². The van der Waals surface area contributed by atoms with Gasteiger partial charge in [0, 0.05) is 47.6 Å². The van der Waals surface area contributed by atoms with Crippen molar-refractivity contribution >= 4 is 28.4 Å². The highest BCUT2D eigenvalue weighted by Gasteiger charge is 2.22. The van der Waals surface area contributed by atoms with Crippen molar-refractivity contribution in [1.82, 2.24) is 9.88 Å². The van der Waals surface area contributed by atoms with Gasteiger partial charge in [0.05, 0.1) is 0 Å². The Kier molecular flexibility index (Phi) is 6.57. The van der Waals surface area contributed by atoms with Crippen molar-refractivity contribution in [2.75, 3.05) is 6.54 Å². The van der Waals surface area contributed by atoms with Gasteiger partial charge in [-0.25, -0.2) is 0 Å². The standard InChI is InChI=1S/C23H27ClN2O/c1-3-5-13-25-23(27)15-20(17-9-8-10-18(24)14-17)21-16-26(4-2)22-12-7-6-11-19(21)22/h6-12,14,16,20H,3-5,13,15H2,1-2H3,(H,25,27). The molecule has 0 fully saturated rings. The van der Waals surface area contributed by atoms with Gasteiger partial charge in [0.15, 0.2) is 0 Å². The predicted molar refractivity (Wildman–Crippen MR) is 113 cm³/mol. The van der Waals surface area contributed by atoms with Gasteiger partial charge in [0.2, 0.25) is 5.91 Å². The number of para-hydroxylation sites is 1. The third kappa shape index (κ3) is 4.54. The second-order valence-corrected chi connectivity index (χ2v) is 7.34. The van der Waals surface area contributed by atoms with Crippen LogP contribution in [-0.4, -0.2) is 17.0 Å². The normalized spacial score (nSPS) is 12.3. The van der Waals surface area contributed by atoms with Crippen molar-refractivity contribution in [3.8, 4) is 0 Å². The zero-order chi connectivity index (χ0) is 19.2. The maximum atomic E-state index is 12.6. The minimum absolute atomic E-state index is 0.0250. The SMILES string of the molecule is CCCCNC(=O)CC(c1cccc(Cl)c1)c1cn(CC)c2ccccc12. The predicted octanol–water partition coefficient (Wildman–Crippen LogP) is 5.75. The molecule has 2 aromatic carbocycles. The van der Waals surface area contributed by atoms with E-state index < -0.39 is 0 Å². The molecule has 0 bridgehead atoms. The van der Waals surface area contributed by atoms with E-state index in [0.717, 1.165) is 31.5 Å². The van der Waals surface area contributed by atoms with Gasteiger partial charge >= 0.3 is 0 Å². The molecule has 1 amide bonds. The first-order valence-electron chi connectivity index (χ1n) is 9.74. The number of amides is 1. The van der Waals surface area contributed by atoms with Crippen LogP contribution in [0.4, 0.5) is 0 Å². The smallest absolute Gasteiger partial charge is 0.220 e. The quantitative estimate of drug-likeness (QED) is 0.494. The number of nitrogens with zero attached hydrogens (tertiary/aromatic N) is 1. The van der Waals surface area contributed by atoms with Crippen molar-refractivity contribution in [1.29, 1.82) is 0 Å². The van der Waals surface area contributed by atoms with E-state index >= 15 is 0 Å². The summed E-state index contributed by atoms with van der Waals surface area (Å²) in [7, 11) is 0. The van der Waals surface area contributed by atoms with Crippen LogP contribution in [0.5, 0.6) is 0 Å². The van der Waals surface area contributed by atoms with Crippen molar-refractivity contribution in [2.45, 2.75) is 45.6 Å². The number of aromatic nitrogens is 1. The molecular formula is C23H27ClN2O. The van der Waals surface area contributed by atoms with Gasteiger partial charge in [-0.3, -0.25) is 4.79 Å². The molecule has 0 aliphatic heterocycles. The van der Waals surface area contributed by atoms with Crippen LogP contribution in [0.2, 0.25) is 5.02 Å². The molecule has 3 rings (SSSR count). The molecular weight excluding hydrogens is 356 g/mol. The lowest BCUT2D eigenvalue weighted by Crippen LogP contribution is -2.26. The summed E-state index contributed by atoms with van der Waals surface area (Å²) in [6.45, 7) is 5.89. The molecule has 142 valence electrons. The van der Waals surface area contributed by atoms with E-state index in [2.05, 4.69) is 60.3 Å². The highest BCUT2D eigenvalue weighted by molar-refractivity contribution is 6.30. The fourth-order valence-corrected chi connectivity index (χ4v) is 3.81. The highest BCUT2D eigenvalue weighted by atomic mass is 35.5. The third-order valence-corrected chi connectivity index (χ3v) is 5.26. The Morgan fingerprint density at radius 3 is 2.70 bits per heavy atom. The maximum Gasteiger partial charge on any atom is 0.220 e. The Bertz CT molecular complexity index is 916. The summed E-state index contributed by atoms with van der Waals surface area (Å²) in [6.07, 6.45) is 4.68. The number of carbonyl (C=O) groups is 1. The Hall–Kier alpha value is -2.26. The van der Waals surface area contributed by atoms with E-state index in [9.17, 15) is 4.79 Å². The molecule has 3 aromatic rings. The van der Waals surface area contributed by atoms with Gasteiger partial charge < -0.3 is 9.88 Å². The van der Waals surface area contributed by atoms with Gasteiger partial charge in [0.25, 0.3) is 0 Å². The monoisotopic (exact) mass is 382 g/mol. The van der Waals surface area contributed by atoms with Crippen molar-refractivity contribution in [3.05, 3.63) is 70.9 Å². The first-order valence-corrected chi connectivity index (χ1v) is 10.1. The summed E-state index contributed by atoms with van der Waals surface area (Å²) in [5, 5.41) is 4.96. The fraction of sp³-hybridized carbons (Fsp3) is 0.348. The van der Waals surface area contributed by atoms with Crippen LogP contribution in [0.1, 0.15) is 50.2 Å². The zero-order valence-electron chi connectivity index (χ0n) is 16.0. The fourth-order valence-electron chi connectivity index (χ4n) is 3.61. The molecule has 27 heavy (non-hydrogen) atoms. The number of halogens is 1. The molecule has 1 N–H and O–H groups in total. The van der Waals surface area contributed by atoms with Crippen molar-refractivity contribution in [2.24, 2.45) is 0 Å². The molecule has 0 radical (unpaired) electrons. The second kappa shape index (κ2) is 9.09. The lowest BCUT2D eigenvalue weighted by Gasteiger charge is -2.17. The molecule has 0 aliphatic rings. The van der Waals surface area contributed by atoms with E-state index in [-0.39, 0.29) is 11.8 Å². The number of nitrogens with one attached hydrogen (secondary N) is 1. The summed E-state index contributed by atoms with van der Waals surface area (Å²) in [4.78, 5) is 12.6. The minimum Gasteiger partial charge on any atom is -0.356 e. The molecule has 1 heterocycles. The van der Waals surface area contributed by atoms with Crippen LogP contribution in [0.15, 0.2) is 54.7 Å². The average Bonchev–Trinajstić information content (AvgIpc) is 3.05. The topological polar surface area (TPSA) is 34.0 Å². The van der Waals surface area contributed by atoms with E-state index in [1.54, 1.807) is 0 Å². The van der Waals surface area contributed by atoms with Crippen molar-refractivity contribution < 1.29 is 4.79 Å². The number of benzene rings is 2. The number of aryl methyl sites for hydroxylation is 1. The number of carbonyl (C=O) groups excluding carboxylic acids is 1. The van der Waals surface area contributed by atoms with Crippen LogP contribution in [0, 0.1) is 0 Å². The van der Waals surface area contributed by atoms with E-state index in [1.807, 2.05) is 18.2 Å². The largest absolute Gasteiger partial charge is 0.356 e. The van der Waals surface area contributed by atoms with Gasteiger partial charge in [-0.15, -0.1) is 0 Å². The Morgan fingerprint density at radius 2 is 1.96 bits per heavy atom.